The predicted octanol–water partition coefficient (Wildman–Crippen LogP) is 1.95. The number of nitrogens with zero attached hydrogens (tertiary/aromatic N) is 3. The van der Waals surface area contributed by atoms with E-state index in [-0.39, 0.29) is 23.0 Å². The van der Waals surface area contributed by atoms with E-state index < -0.39 is 9.84 Å². The van der Waals surface area contributed by atoms with Gasteiger partial charge >= 0.3 is 0 Å². The Morgan fingerprint density at radius 3 is 2.78 bits per heavy atom. The Morgan fingerprint density at radius 2 is 2.00 bits per heavy atom. The molecule has 3 aromatic rings. The van der Waals surface area contributed by atoms with Gasteiger partial charge in [-0.25, -0.2) is 17.9 Å². The summed E-state index contributed by atoms with van der Waals surface area (Å²) in [4.78, 5) is 16.5. The molecule has 0 aliphatic heterocycles. The minimum atomic E-state index is -3.43. The Morgan fingerprint density at radius 1 is 1.22 bits per heavy atom. The summed E-state index contributed by atoms with van der Waals surface area (Å²) in [5.41, 5.74) is 2.76. The fourth-order valence-corrected chi connectivity index (χ4v) is 4.01. The van der Waals surface area contributed by atoms with Crippen LogP contribution >= 0.6 is 0 Å². The van der Waals surface area contributed by atoms with Crippen LogP contribution in [0.2, 0.25) is 0 Å². The minimum Gasteiger partial charge on any atom is -0.356 e. The summed E-state index contributed by atoms with van der Waals surface area (Å²) in [6.07, 6.45) is 5.20. The maximum atomic E-state index is 12.2. The second-order valence-corrected chi connectivity index (χ2v) is 8.50. The summed E-state index contributed by atoms with van der Waals surface area (Å²) in [5.74, 6) is -0.451. The molecule has 0 unspecified atom stereocenters. The first-order valence-electron chi connectivity index (χ1n) is 8.79. The Hall–Kier alpha value is -2.74. The van der Waals surface area contributed by atoms with Gasteiger partial charge in [0.25, 0.3) is 0 Å². The van der Waals surface area contributed by atoms with Crippen LogP contribution in [0.4, 0.5) is 0 Å². The molecule has 8 heteroatoms. The third-order valence-corrected chi connectivity index (χ3v) is 5.89. The fourth-order valence-electron chi connectivity index (χ4n) is 2.74. The van der Waals surface area contributed by atoms with Crippen LogP contribution in [0.15, 0.2) is 53.7 Å². The van der Waals surface area contributed by atoms with E-state index in [0.717, 1.165) is 29.7 Å². The van der Waals surface area contributed by atoms with Gasteiger partial charge in [0.2, 0.25) is 5.91 Å². The van der Waals surface area contributed by atoms with Gasteiger partial charge in [-0.3, -0.25) is 4.79 Å². The van der Waals surface area contributed by atoms with Crippen LogP contribution in [0.25, 0.3) is 5.65 Å². The van der Waals surface area contributed by atoms with Gasteiger partial charge < -0.3 is 5.32 Å². The van der Waals surface area contributed by atoms with Crippen LogP contribution < -0.4 is 5.32 Å². The number of aryl methyl sites for hydroxylation is 2. The number of hydrogen-bond acceptors (Lipinski definition) is 5. The van der Waals surface area contributed by atoms with Gasteiger partial charge in [-0.1, -0.05) is 18.2 Å². The van der Waals surface area contributed by atoms with E-state index in [0.29, 0.717) is 6.54 Å². The first-order valence-corrected chi connectivity index (χ1v) is 10.4. The van der Waals surface area contributed by atoms with Crippen molar-refractivity contribution in [3.8, 4) is 0 Å². The molecular weight excluding hydrogens is 364 g/mol. The van der Waals surface area contributed by atoms with E-state index in [2.05, 4.69) is 15.4 Å². The first kappa shape index (κ1) is 19.0. The number of carbonyl (C=O) groups is 1. The Balaban J connectivity index is 1.41. The maximum absolute atomic E-state index is 12.2. The molecule has 0 saturated heterocycles. The number of aromatic nitrogens is 3. The van der Waals surface area contributed by atoms with E-state index in [1.165, 1.54) is 0 Å². The van der Waals surface area contributed by atoms with Crippen LogP contribution in [0.3, 0.4) is 0 Å². The molecule has 1 aromatic carbocycles. The van der Waals surface area contributed by atoms with E-state index >= 15 is 0 Å². The highest BCUT2D eigenvalue weighted by molar-refractivity contribution is 7.91. The Kier molecular flexibility index (Phi) is 5.85. The molecule has 2 aromatic heterocycles. The zero-order valence-electron chi connectivity index (χ0n) is 15.1. The Bertz CT molecular complexity index is 1030. The molecule has 7 nitrogen and oxygen atoms in total. The summed E-state index contributed by atoms with van der Waals surface area (Å²) in [7, 11) is -3.43. The second kappa shape index (κ2) is 8.30. The average molecular weight is 386 g/mol. The minimum absolute atomic E-state index is 0.0443. The molecule has 0 saturated carbocycles. The molecule has 1 amide bonds. The van der Waals surface area contributed by atoms with Crippen LogP contribution in [0.1, 0.15) is 24.1 Å². The first-order chi connectivity index (χ1) is 12.9. The lowest BCUT2D eigenvalue weighted by molar-refractivity contribution is -0.120. The van der Waals surface area contributed by atoms with Crippen LogP contribution in [-0.2, 0) is 21.1 Å². The number of amides is 1. The van der Waals surface area contributed by atoms with E-state index in [9.17, 15) is 13.2 Å². The van der Waals surface area contributed by atoms with Crippen molar-refractivity contribution < 1.29 is 13.2 Å². The largest absolute Gasteiger partial charge is 0.356 e. The monoisotopic (exact) mass is 386 g/mol. The van der Waals surface area contributed by atoms with Crippen molar-refractivity contribution in [2.75, 3.05) is 12.3 Å². The van der Waals surface area contributed by atoms with Crippen molar-refractivity contribution in [3.05, 3.63) is 60.0 Å². The van der Waals surface area contributed by atoms with Gasteiger partial charge in [0.05, 0.1) is 16.3 Å². The highest BCUT2D eigenvalue weighted by Crippen LogP contribution is 2.11. The van der Waals surface area contributed by atoms with E-state index in [1.54, 1.807) is 34.8 Å². The molecule has 0 aliphatic carbocycles. The van der Waals surface area contributed by atoms with Crippen molar-refractivity contribution in [1.82, 2.24) is 19.9 Å². The van der Waals surface area contributed by atoms with Gasteiger partial charge in [-0.05, 0) is 37.5 Å². The second-order valence-electron chi connectivity index (χ2n) is 6.39. The molecule has 3 rings (SSSR count). The predicted molar refractivity (Wildman–Crippen MR) is 102 cm³/mol. The molecule has 0 radical (unpaired) electrons. The molecule has 142 valence electrons. The van der Waals surface area contributed by atoms with Crippen molar-refractivity contribution >= 4 is 21.4 Å². The zero-order valence-corrected chi connectivity index (χ0v) is 15.9. The number of fused-ring (bicyclic) bond motifs is 1. The van der Waals surface area contributed by atoms with Crippen molar-refractivity contribution in [1.29, 1.82) is 0 Å². The smallest absolute Gasteiger partial charge is 0.221 e. The molecule has 0 fully saturated rings. The molecule has 0 aliphatic rings. The van der Waals surface area contributed by atoms with Crippen molar-refractivity contribution in [3.63, 3.8) is 0 Å². The summed E-state index contributed by atoms with van der Waals surface area (Å²) >= 11 is 0. The summed E-state index contributed by atoms with van der Waals surface area (Å²) in [6.45, 7) is 2.41. The highest BCUT2D eigenvalue weighted by atomic mass is 32.2. The summed E-state index contributed by atoms with van der Waals surface area (Å²) in [5, 5.41) is 7.10. The van der Waals surface area contributed by atoms with Crippen molar-refractivity contribution in [2.24, 2.45) is 0 Å². The lowest BCUT2D eigenvalue weighted by atomic mass is 10.2. The molecular formula is C19H22N4O3S. The summed E-state index contributed by atoms with van der Waals surface area (Å²) < 4.78 is 26.1. The average Bonchev–Trinajstić information content (AvgIpc) is 3.03. The Labute approximate surface area is 158 Å². The molecule has 1 N–H and O–H groups in total. The summed E-state index contributed by atoms with van der Waals surface area (Å²) in [6, 6.07) is 10.1. The van der Waals surface area contributed by atoms with Gasteiger partial charge in [0.1, 0.15) is 0 Å². The lowest BCUT2D eigenvalue weighted by Crippen LogP contribution is -2.26. The normalized spacial score (nSPS) is 11.6. The van der Waals surface area contributed by atoms with Gasteiger partial charge in [-0.2, -0.15) is 5.10 Å². The zero-order chi connectivity index (χ0) is 19.3. The fraction of sp³-hybridized carbons (Fsp3) is 0.316. The third kappa shape index (κ3) is 5.13. The standard InChI is InChI=1S/C19H22N4O3S/c1-15-12-18-21-13-16(14-23(18)22-15)6-5-10-20-19(24)9-11-27(25,26)17-7-3-2-4-8-17/h2-4,7-8,12-14H,5-6,9-11H2,1H3,(H,20,24). The van der Waals surface area contributed by atoms with Gasteiger partial charge in [0.15, 0.2) is 15.5 Å². The third-order valence-electron chi connectivity index (χ3n) is 4.15. The maximum Gasteiger partial charge on any atom is 0.221 e. The molecule has 0 spiro atoms. The van der Waals surface area contributed by atoms with Gasteiger partial charge in [-0.15, -0.1) is 0 Å². The molecule has 2 heterocycles. The van der Waals surface area contributed by atoms with Crippen LogP contribution in [-0.4, -0.2) is 41.2 Å². The van der Waals surface area contributed by atoms with E-state index in [1.807, 2.05) is 25.4 Å². The topological polar surface area (TPSA) is 93.4 Å². The SMILES string of the molecule is Cc1cc2ncc(CCCNC(=O)CCS(=O)(=O)c3ccccc3)cn2n1. The molecule has 0 bridgehead atoms. The molecule has 0 atom stereocenters. The van der Waals surface area contributed by atoms with Crippen LogP contribution in [0.5, 0.6) is 0 Å². The number of nitrogens with one attached hydrogen (secondary N) is 1. The number of hydrogen-bond donors (Lipinski definition) is 1. The molecule has 27 heavy (non-hydrogen) atoms. The number of sulfone groups is 1. The van der Waals surface area contributed by atoms with Crippen molar-refractivity contribution in [2.45, 2.75) is 31.1 Å². The number of carbonyl (C=O) groups excluding carboxylic acids is 1. The van der Waals surface area contributed by atoms with Gasteiger partial charge in [0, 0.05) is 31.4 Å². The lowest BCUT2D eigenvalue weighted by Gasteiger charge is -2.07. The van der Waals surface area contributed by atoms with E-state index in [4.69, 9.17) is 0 Å². The van der Waals surface area contributed by atoms with Crippen LogP contribution in [0, 0.1) is 6.92 Å². The quantitative estimate of drug-likeness (QED) is 0.597. The number of benzene rings is 1. The highest BCUT2D eigenvalue weighted by Gasteiger charge is 2.15. The number of rotatable bonds is 8.